The number of ether oxygens (including phenoxy) is 1. The quantitative estimate of drug-likeness (QED) is 0.731. The standard InChI is InChI=1S/C22H25N3O4/c1-15-8-9-19(16(2)10-15)29-14-20(26)23-24-22(28)18-11-21(27)25(13-18)12-17-6-4-3-5-7-17/h3-10,18H,11-14H2,1-2H3,(H,23,26)(H,24,28). The molecule has 2 aromatic rings. The summed E-state index contributed by atoms with van der Waals surface area (Å²) in [5.74, 6) is -0.794. The second kappa shape index (κ2) is 9.23. The lowest BCUT2D eigenvalue weighted by Crippen LogP contribution is -2.46. The van der Waals surface area contributed by atoms with Crippen molar-refractivity contribution in [2.75, 3.05) is 13.2 Å². The van der Waals surface area contributed by atoms with Crippen LogP contribution in [0.25, 0.3) is 0 Å². The van der Waals surface area contributed by atoms with E-state index in [1.807, 2.05) is 62.4 Å². The number of rotatable bonds is 6. The molecular weight excluding hydrogens is 370 g/mol. The van der Waals surface area contributed by atoms with Crippen molar-refractivity contribution in [2.45, 2.75) is 26.8 Å². The number of hydrazine groups is 1. The van der Waals surface area contributed by atoms with Crippen molar-refractivity contribution in [1.82, 2.24) is 15.8 Å². The van der Waals surface area contributed by atoms with Crippen LogP contribution in [-0.4, -0.2) is 35.8 Å². The summed E-state index contributed by atoms with van der Waals surface area (Å²) in [5.41, 5.74) is 7.80. The van der Waals surface area contributed by atoms with E-state index in [-0.39, 0.29) is 24.8 Å². The van der Waals surface area contributed by atoms with Crippen LogP contribution in [0.3, 0.4) is 0 Å². The highest BCUT2D eigenvalue weighted by Crippen LogP contribution is 2.20. The number of amides is 3. The Labute approximate surface area is 170 Å². The minimum atomic E-state index is -0.494. The molecule has 29 heavy (non-hydrogen) atoms. The Morgan fingerprint density at radius 3 is 2.59 bits per heavy atom. The second-order valence-electron chi connectivity index (χ2n) is 7.26. The summed E-state index contributed by atoms with van der Waals surface area (Å²) in [6.45, 7) is 4.47. The molecular formula is C22H25N3O4. The topological polar surface area (TPSA) is 87.7 Å². The Kier molecular flexibility index (Phi) is 6.49. The fraction of sp³-hybridized carbons (Fsp3) is 0.318. The van der Waals surface area contributed by atoms with Crippen molar-refractivity contribution in [2.24, 2.45) is 5.92 Å². The third kappa shape index (κ3) is 5.57. The molecule has 1 unspecified atom stereocenters. The third-order valence-electron chi connectivity index (χ3n) is 4.82. The molecule has 3 rings (SSSR count). The molecule has 2 N–H and O–H groups in total. The third-order valence-corrected chi connectivity index (χ3v) is 4.82. The van der Waals surface area contributed by atoms with Crippen LogP contribution in [0.4, 0.5) is 0 Å². The normalized spacial score (nSPS) is 15.9. The van der Waals surface area contributed by atoms with Gasteiger partial charge in [-0.05, 0) is 31.0 Å². The van der Waals surface area contributed by atoms with Gasteiger partial charge in [0, 0.05) is 19.5 Å². The Morgan fingerprint density at radius 1 is 1.10 bits per heavy atom. The summed E-state index contributed by atoms with van der Waals surface area (Å²) >= 11 is 0. The summed E-state index contributed by atoms with van der Waals surface area (Å²) in [5, 5.41) is 0. The monoisotopic (exact) mass is 395 g/mol. The molecule has 1 aliphatic heterocycles. The molecule has 2 aromatic carbocycles. The average molecular weight is 395 g/mol. The van der Waals surface area contributed by atoms with E-state index in [0.29, 0.717) is 18.8 Å². The van der Waals surface area contributed by atoms with Crippen LogP contribution >= 0.6 is 0 Å². The number of benzene rings is 2. The number of aryl methyl sites for hydroxylation is 2. The molecule has 0 aromatic heterocycles. The van der Waals surface area contributed by atoms with E-state index >= 15 is 0 Å². The number of nitrogens with zero attached hydrogens (tertiary/aromatic N) is 1. The lowest BCUT2D eigenvalue weighted by Gasteiger charge is -2.17. The van der Waals surface area contributed by atoms with Crippen molar-refractivity contribution in [3.8, 4) is 5.75 Å². The maximum absolute atomic E-state index is 12.3. The van der Waals surface area contributed by atoms with E-state index in [1.165, 1.54) is 0 Å². The number of carbonyl (C=O) groups is 3. The highest BCUT2D eigenvalue weighted by molar-refractivity contribution is 5.90. The molecule has 0 saturated carbocycles. The molecule has 152 valence electrons. The molecule has 0 aliphatic carbocycles. The Balaban J connectivity index is 1.43. The molecule has 1 fully saturated rings. The molecule has 7 nitrogen and oxygen atoms in total. The summed E-state index contributed by atoms with van der Waals surface area (Å²) in [4.78, 5) is 38.1. The fourth-order valence-corrected chi connectivity index (χ4v) is 3.28. The van der Waals surface area contributed by atoms with Crippen molar-refractivity contribution in [3.63, 3.8) is 0 Å². The zero-order chi connectivity index (χ0) is 20.8. The molecule has 1 aliphatic rings. The van der Waals surface area contributed by atoms with Gasteiger partial charge < -0.3 is 9.64 Å². The molecule has 0 bridgehead atoms. The SMILES string of the molecule is Cc1ccc(OCC(=O)NNC(=O)C2CC(=O)N(Cc3ccccc3)C2)c(C)c1. The second-order valence-corrected chi connectivity index (χ2v) is 7.26. The Morgan fingerprint density at radius 2 is 1.86 bits per heavy atom. The van der Waals surface area contributed by atoms with Gasteiger partial charge in [0.15, 0.2) is 6.61 Å². The van der Waals surface area contributed by atoms with Gasteiger partial charge in [-0.25, -0.2) is 0 Å². The minimum Gasteiger partial charge on any atom is -0.483 e. The summed E-state index contributed by atoms with van der Waals surface area (Å²) < 4.78 is 5.49. The summed E-state index contributed by atoms with van der Waals surface area (Å²) in [6, 6.07) is 15.3. The lowest BCUT2D eigenvalue weighted by atomic mass is 10.1. The molecule has 0 radical (unpaired) electrons. The van der Waals surface area contributed by atoms with Gasteiger partial charge in [0.2, 0.25) is 11.8 Å². The highest BCUT2D eigenvalue weighted by Gasteiger charge is 2.34. The first-order valence-corrected chi connectivity index (χ1v) is 9.53. The largest absolute Gasteiger partial charge is 0.483 e. The van der Waals surface area contributed by atoms with Crippen LogP contribution in [0.1, 0.15) is 23.1 Å². The van der Waals surface area contributed by atoms with Gasteiger partial charge in [-0.15, -0.1) is 0 Å². The highest BCUT2D eigenvalue weighted by atomic mass is 16.5. The van der Waals surface area contributed by atoms with Crippen molar-refractivity contribution in [3.05, 3.63) is 65.2 Å². The number of hydrogen-bond donors (Lipinski definition) is 2. The lowest BCUT2D eigenvalue weighted by molar-refractivity contribution is -0.132. The van der Waals surface area contributed by atoms with Gasteiger partial charge in [0.1, 0.15) is 5.75 Å². The van der Waals surface area contributed by atoms with Gasteiger partial charge >= 0.3 is 0 Å². The zero-order valence-electron chi connectivity index (χ0n) is 16.6. The van der Waals surface area contributed by atoms with Crippen LogP contribution in [-0.2, 0) is 20.9 Å². The summed E-state index contributed by atoms with van der Waals surface area (Å²) in [6.07, 6.45) is 0.133. The van der Waals surface area contributed by atoms with Crippen molar-refractivity contribution in [1.29, 1.82) is 0 Å². The van der Waals surface area contributed by atoms with E-state index in [2.05, 4.69) is 10.9 Å². The molecule has 1 saturated heterocycles. The number of nitrogens with one attached hydrogen (secondary N) is 2. The van der Waals surface area contributed by atoms with Crippen LogP contribution in [0.15, 0.2) is 48.5 Å². The van der Waals surface area contributed by atoms with Gasteiger partial charge in [0.25, 0.3) is 5.91 Å². The summed E-state index contributed by atoms with van der Waals surface area (Å²) in [7, 11) is 0. The van der Waals surface area contributed by atoms with Gasteiger partial charge in [-0.2, -0.15) is 0 Å². The number of hydrogen-bond acceptors (Lipinski definition) is 4. The average Bonchev–Trinajstić information content (AvgIpc) is 3.06. The predicted molar refractivity (Wildman–Crippen MR) is 108 cm³/mol. The first-order valence-electron chi connectivity index (χ1n) is 9.53. The zero-order valence-corrected chi connectivity index (χ0v) is 16.6. The maximum Gasteiger partial charge on any atom is 0.276 e. The first kappa shape index (κ1) is 20.4. The Bertz CT molecular complexity index is 898. The van der Waals surface area contributed by atoms with E-state index in [1.54, 1.807) is 4.90 Å². The molecule has 3 amide bonds. The minimum absolute atomic E-state index is 0.0708. The Hall–Kier alpha value is -3.35. The number of likely N-dealkylation sites (tertiary alicyclic amines) is 1. The van der Waals surface area contributed by atoms with Crippen LogP contribution < -0.4 is 15.6 Å². The molecule has 7 heteroatoms. The first-order chi connectivity index (χ1) is 13.9. The predicted octanol–water partition coefficient (Wildman–Crippen LogP) is 1.88. The number of carbonyl (C=O) groups excluding carboxylic acids is 3. The smallest absolute Gasteiger partial charge is 0.276 e. The van der Waals surface area contributed by atoms with E-state index in [9.17, 15) is 14.4 Å². The maximum atomic E-state index is 12.3. The van der Waals surface area contributed by atoms with Crippen LogP contribution in [0.2, 0.25) is 0 Å². The van der Waals surface area contributed by atoms with Crippen LogP contribution in [0.5, 0.6) is 5.75 Å². The van der Waals surface area contributed by atoms with Crippen molar-refractivity contribution < 1.29 is 19.1 Å². The van der Waals surface area contributed by atoms with E-state index in [4.69, 9.17) is 4.74 Å². The fourth-order valence-electron chi connectivity index (χ4n) is 3.28. The van der Waals surface area contributed by atoms with Gasteiger partial charge in [0.05, 0.1) is 5.92 Å². The van der Waals surface area contributed by atoms with E-state index < -0.39 is 11.8 Å². The molecule has 0 spiro atoms. The van der Waals surface area contributed by atoms with Gasteiger partial charge in [-0.3, -0.25) is 25.2 Å². The van der Waals surface area contributed by atoms with E-state index in [0.717, 1.165) is 16.7 Å². The van der Waals surface area contributed by atoms with Crippen molar-refractivity contribution >= 4 is 17.7 Å². The van der Waals surface area contributed by atoms with Crippen LogP contribution in [0, 0.1) is 19.8 Å². The van der Waals surface area contributed by atoms with Gasteiger partial charge in [-0.1, -0.05) is 48.0 Å². The molecule has 1 atom stereocenters. The molecule has 1 heterocycles.